The summed E-state index contributed by atoms with van der Waals surface area (Å²) in [6, 6.07) is 3.43. The van der Waals surface area contributed by atoms with E-state index in [4.69, 9.17) is 16.3 Å². The average molecular weight is 238 g/mol. The molecule has 0 saturated carbocycles. The molecule has 6 heteroatoms. The number of carbonyl (C=O) groups excluding carboxylic acids is 1. The second-order valence-corrected chi connectivity index (χ2v) is 4.20. The van der Waals surface area contributed by atoms with Crippen LogP contribution in [0.15, 0.2) is 23.3 Å². The normalized spacial score (nSPS) is 21.6. The number of pyridine rings is 1. The van der Waals surface area contributed by atoms with Crippen LogP contribution in [0.2, 0.25) is 5.15 Å². The van der Waals surface area contributed by atoms with Gasteiger partial charge < -0.3 is 10.1 Å². The number of rotatable bonds is 1. The van der Waals surface area contributed by atoms with Crippen LogP contribution in [0.25, 0.3) is 0 Å². The topological polar surface area (TPSA) is 63.6 Å². The predicted molar refractivity (Wildman–Crippen MR) is 57.5 cm³/mol. The van der Waals surface area contributed by atoms with Crippen LogP contribution < -0.4 is 5.32 Å². The molecule has 1 fully saturated rings. The quantitative estimate of drug-likeness (QED) is 0.719. The third kappa shape index (κ3) is 1.32. The zero-order valence-electron chi connectivity index (χ0n) is 8.24. The van der Waals surface area contributed by atoms with E-state index in [1.807, 2.05) is 0 Å². The van der Waals surface area contributed by atoms with E-state index in [1.165, 1.54) is 0 Å². The summed E-state index contributed by atoms with van der Waals surface area (Å²) in [6.45, 7) is 0.701. The molecule has 1 saturated heterocycles. The standard InChI is InChI=1S/C10H8ClN3O2/c11-7-2-1-6(3-12-7)8-13-9(15)10(14-8)4-16-5-10/h1-3H,4-5H2,(H,13,14,15). The van der Waals surface area contributed by atoms with Gasteiger partial charge in [-0.05, 0) is 12.1 Å². The molecule has 1 aromatic heterocycles. The summed E-state index contributed by atoms with van der Waals surface area (Å²) in [5.41, 5.74) is 0.0520. The second-order valence-electron chi connectivity index (χ2n) is 3.81. The molecule has 1 spiro atoms. The summed E-state index contributed by atoms with van der Waals surface area (Å²) in [6.07, 6.45) is 1.58. The zero-order chi connectivity index (χ0) is 11.2. The summed E-state index contributed by atoms with van der Waals surface area (Å²) in [7, 11) is 0. The van der Waals surface area contributed by atoms with Crippen molar-refractivity contribution in [3.05, 3.63) is 29.0 Å². The number of nitrogens with one attached hydrogen (secondary N) is 1. The molecule has 1 amide bonds. The summed E-state index contributed by atoms with van der Waals surface area (Å²) in [5.74, 6) is 0.432. The predicted octanol–water partition coefficient (Wildman–Crippen LogP) is 0.380. The SMILES string of the molecule is O=C1NC(c2ccc(Cl)nc2)=NC12COC2. The van der Waals surface area contributed by atoms with Gasteiger partial charge in [-0.2, -0.15) is 0 Å². The highest BCUT2D eigenvalue weighted by Crippen LogP contribution is 2.27. The summed E-state index contributed by atoms with van der Waals surface area (Å²) in [4.78, 5) is 20.0. The Labute approximate surface area is 96.5 Å². The van der Waals surface area contributed by atoms with E-state index in [9.17, 15) is 4.79 Å². The Morgan fingerprint density at radius 3 is 2.75 bits per heavy atom. The van der Waals surface area contributed by atoms with Crippen molar-refractivity contribution in [2.24, 2.45) is 4.99 Å². The van der Waals surface area contributed by atoms with Gasteiger partial charge in [0.2, 0.25) is 0 Å². The lowest BCUT2D eigenvalue weighted by atomic mass is 9.99. The molecule has 0 aromatic carbocycles. The molecule has 16 heavy (non-hydrogen) atoms. The number of hydrogen-bond donors (Lipinski definition) is 1. The largest absolute Gasteiger partial charge is 0.375 e. The number of amidine groups is 1. The molecule has 82 valence electrons. The number of aliphatic imine (C=N–C) groups is 1. The van der Waals surface area contributed by atoms with E-state index >= 15 is 0 Å². The second kappa shape index (κ2) is 3.26. The molecular weight excluding hydrogens is 230 g/mol. The van der Waals surface area contributed by atoms with Gasteiger partial charge in [0.25, 0.3) is 5.91 Å². The minimum atomic E-state index is -0.699. The number of nitrogens with zero attached hydrogens (tertiary/aromatic N) is 2. The van der Waals surface area contributed by atoms with Gasteiger partial charge in [0.1, 0.15) is 11.0 Å². The van der Waals surface area contributed by atoms with Gasteiger partial charge in [-0.15, -0.1) is 0 Å². The molecule has 0 radical (unpaired) electrons. The number of halogens is 1. The van der Waals surface area contributed by atoms with Gasteiger partial charge >= 0.3 is 0 Å². The highest BCUT2D eigenvalue weighted by atomic mass is 35.5. The highest BCUT2D eigenvalue weighted by molar-refractivity contribution is 6.29. The first-order valence-electron chi connectivity index (χ1n) is 4.81. The Hall–Kier alpha value is -1.46. The van der Waals surface area contributed by atoms with Crippen LogP contribution in [0.1, 0.15) is 5.56 Å². The minimum Gasteiger partial charge on any atom is -0.375 e. The van der Waals surface area contributed by atoms with Crippen LogP contribution in [0, 0.1) is 0 Å². The van der Waals surface area contributed by atoms with E-state index in [0.29, 0.717) is 24.2 Å². The Morgan fingerprint density at radius 1 is 1.44 bits per heavy atom. The fraction of sp³-hybridized carbons (Fsp3) is 0.300. The van der Waals surface area contributed by atoms with Crippen molar-refractivity contribution in [3.63, 3.8) is 0 Å². The van der Waals surface area contributed by atoms with Gasteiger partial charge in [-0.25, -0.2) is 9.98 Å². The Bertz CT molecular complexity index is 479. The van der Waals surface area contributed by atoms with Crippen molar-refractivity contribution in [3.8, 4) is 0 Å². The number of hydrogen-bond acceptors (Lipinski definition) is 4. The van der Waals surface area contributed by atoms with Crippen molar-refractivity contribution in [1.29, 1.82) is 0 Å². The molecule has 0 aliphatic carbocycles. The molecule has 2 aliphatic heterocycles. The van der Waals surface area contributed by atoms with E-state index in [1.54, 1.807) is 18.3 Å². The van der Waals surface area contributed by atoms with Crippen molar-refractivity contribution < 1.29 is 9.53 Å². The monoisotopic (exact) mass is 237 g/mol. The average Bonchev–Trinajstić information content (AvgIpc) is 2.57. The van der Waals surface area contributed by atoms with Gasteiger partial charge in [0, 0.05) is 11.8 Å². The van der Waals surface area contributed by atoms with Gasteiger partial charge in [-0.3, -0.25) is 4.79 Å². The Morgan fingerprint density at radius 2 is 2.25 bits per heavy atom. The van der Waals surface area contributed by atoms with Crippen LogP contribution >= 0.6 is 11.6 Å². The maximum Gasteiger partial charge on any atom is 0.258 e. The van der Waals surface area contributed by atoms with Gasteiger partial charge in [-0.1, -0.05) is 11.6 Å². The lowest BCUT2D eigenvalue weighted by Gasteiger charge is -2.31. The first kappa shape index (κ1) is 9.74. The molecule has 5 nitrogen and oxygen atoms in total. The molecule has 0 atom stereocenters. The van der Waals surface area contributed by atoms with E-state index in [0.717, 1.165) is 5.56 Å². The van der Waals surface area contributed by atoms with E-state index in [-0.39, 0.29) is 5.91 Å². The van der Waals surface area contributed by atoms with Gasteiger partial charge in [0.15, 0.2) is 5.54 Å². The maximum atomic E-state index is 11.7. The Balaban J connectivity index is 1.94. The number of amides is 1. The fourth-order valence-electron chi connectivity index (χ4n) is 1.66. The lowest BCUT2D eigenvalue weighted by molar-refractivity contribution is -0.139. The molecule has 0 unspecified atom stereocenters. The van der Waals surface area contributed by atoms with Crippen LogP contribution in [-0.2, 0) is 9.53 Å². The van der Waals surface area contributed by atoms with Crippen LogP contribution in [-0.4, -0.2) is 35.5 Å². The van der Waals surface area contributed by atoms with Crippen LogP contribution in [0.3, 0.4) is 0 Å². The molecule has 2 aliphatic rings. The van der Waals surface area contributed by atoms with Crippen molar-refractivity contribution in [1.82, 2.24) is 10.3 Å². The molecule has 3 heterocycles. The number of ether oxygens (including phenoxy) is 1. The lowest BCUT2D eigenvalue weighted by Crippen LogP contribution is -2.54. The van der Waals surface area contributed by atoms with Crippen LogP contribution in [0.5, 0.6) is 0 Å². The smallest absolute Gasteiger partial charge is 0.258 e. The third-order valence-electron chi connectivity index (χ3n) is 2.66. The molecule has 1 N–H and O–H groups in total. The Kier molecular flexibility index (Phi) is 1.99. The third-order valence-corrected chi connectivity index (χ3v) is 2.89. The van der Waals surface area contributed by atoms with Crippen molar-refractivity contribution in [2.45, 2.75) is 5.54 Å². The summed E-state index contributed by atoms with van der Waals surface area (Å²) >= 11 is 5.68. The highest BCUT2D eigenvalue weighted by Gasteiger charge is 2.50. The van der Waals surface area contributed by atoms with Crippen molar-refractivity contribution >= 4 is 23.3 Å². The maximum absolute atomic E-state index is 11.7. The molecule has 0 bridgehead atoms. The van der Waals surface area contributed by atoms with E-state index in [2.05, 4.69) is 15.3 Å². The zero-order valence-corrected chi connectivity index (χ0v) is 8.99. The number of aromatic nitrogens is 1. The molecule has 3 rings (SSSR count). The molecular formula is C10H8ClN3O2. The number of carbonyl (C=O) groups is 1. The first-order valence-corrected chi connectivity index (χ1v) is 5.18. The first-order chi connectivity index (χ1) is 7.70. The fourth-order valence-corrected chi connectivity index (χ4v) is 1.77. The van der Waals surface area contributed by atoms with E-state index < -0.39 is 5.54 Å². The minimum absolute atomic E-state index is 0.108. The summed E-state index contributed by atoms with van der Waals surface area (Å²) in [5, 5.41) is 3.14. The van der Waals surface area contributed by atoms with Crippen LogP contribution in [0.4, 0.5) is 0 Å². The van der Waals surface area contributed by atoms with Crippen molar-refractivity contribution in [2.75, 3.05) is 13.2 Å². The summed E-state index contributed by atoms with van der Waals surface area (Å²) < 4.78 is 5.03. The molecule has 1 aromatic rings. The van der Waals surface area contributed by atoms with Gasteiger partial charge in [0.05, 0.1) is 13.2 Å².